The largest absolute Gasteiger partial charge is 0.481 e. The van der Waals surface area contributed by atoms with Gasteiger partial charge in [-0.3, -0.25) is 9.59 Å². The highest BCUT2D eigenvalue weighted by atomic mass is 16.5. The number of ether oxygens (including phenoxy) is 1. The Bertz CT molecular complexity index is 560. The lowest BCUT2D eigenvalue weighted by molar-refractivity contribution is -0.142. The normalized spacial score (nSPS) is 17.0. The molecule has 1 fully saturated rings. The van der Waals surface area contributed by atoms with Crippen LogP contribution in [-0.2, 0) is 15.0 Å². The molecule has 0 amide bonds. The molecule has 1 N–H and O–H groups in total. The van der Waals surface area contributed by atoms with Gasteiger partial charge in [-0.15, -0.1) is 0 Å². The summed E-state index contributed by atoms with van der Waals surface area (Å²) in [6.45, 7) is 6.39. The Morgan fingerprint density at radius 3 is 2.13 bits per heavy atom. The fourth-order valence-corrected chi connectivity index (χ4v) is 3.36. The van der Waals surface area contributed by atoms with Crippen molar-refractivity contribution >= 4 is 11.9 Å². The zero-order chi connectivity index (χ0) is 17.1. The molecule has 0 radical (unpaired) electrons. The van der Waals surface area contributed by atoms with E-state index in [2.05, 4.69) is 20.8 Å². The van der Waals surface area contributed by atoms with E-state index >= 15 is 0 Å². The molecule has 23 heavy (non-hydrogen) atoms. The number of aliphatic carboxylic acids is 1. The molecule has 2 rings (SSSR count). The van der Waals surface area contributed by atoms with Gasteiger partial charge in [0, 0.05) is 0 Å². The summed E-state index contributed by atoms with van der Waals surface area (Å²) in [7, 11) is 0. The first-order valence-electron chi connectivity index (χ1n) is 8.23. The Kier molecular flexibility index (Phi) is 5.12. The van der Waals surface area contributed by atoms with Gasteiger partial charge in [-0.05, 0) is 41.4 Å². The second-order valence-electron chi connectivity index (χ2n) is 7.70. The number of hydrogen-bond acceptors (Lipinski definition) is 3. The quantitative estimate of drug-likeness (QED) is 0.649. The predicted octanol–water partition coefficient (Wildman–Crippen LogP) is 4.31. The summed E-state index contributed by atoms with van der Waals surface area (Å²) in [4.78, 5) is 23.3. The van der Waals surface area contributed by atoms with Crippen LogP contribution in [0.15, 0.2) is 24.3 Å². The number of carboxylic acid groups (broad SMARTS) is 1. The molecule has 0 aromatic heterocycles. The molecule has 4 heteroatoms. The van der Waals surface area contributed by atoms with Crippen LogP contribution < -0.4 is 4.74 Å². The zero-order valence-corrected chi connectivity index (χ0v) is 14.2. The molecule has 4 nitrogen and oxygen atoms in total. The van der Waals surface area contributed by atoms with E-state index in [1.54, 1.807) is 12.1 Å². The molecule has 0 unspecified atom stereocenters. The monoisotopic (exact) mass is 318 g/mol. The van der Waals surface area contributed by atoms with E-state index in [4.69, 9.17) is 9.84 Å². The summed E-state index contributed by atoms with van der Waals surface area (Å²) >= 11 is 0. The molecule has 0 aliphatic heterocycles. The molecule has 1 saturated carbocycles. The third-order valence-corrected chi connectivity index (χ3v) is 4.66. The highest BCUT2D eigenvalue weighted by molar-refractivity contribution is 5.75. The van der Waals surface area contributed by atoms with Gasteiger partial charge in [-0.25, -0.2) is 0 Å². The average Bonchev–Trinajstić information content (AvgIpc) is 2.85. The topological polar surface area (TPSA) is 63.6 Å². The molecule has 0 atom stereocenters. The summed E-state index contributed by atoms with van der Waals surface area (Å²) in [5.74, 6) is -0.655. The van der Waals surface area contributed by atoms with Crippen LogP contribution in [0.3, 0.4) is 0 Å². The standard InChI is InChI=1S/C19H26O4/c1-18(2,3)14-6-8-15(9-7-14)23-17(22)13-19(12-16(20)21)10-4-5-11-19/h6-9H,4-5,10-13H2,1-3H3,(H,20,21). The highest BCUT2D eigenvalue weighted by Gasteiger charge is 2.38. The Balaban J connectivity index is 1.99. The van der Waals surface area contributed by atoms with Crippen molar-refractivity contribution in [3.8, 4) is 5.75 Å². The maximum atomic E-state index is 12.2. The van der Waals surface area contributed by atoms with Crippen molar-refractivity contribution < 1.29 is 19.4 Å². The number of carboxylic acids is 1. The summed E-state index contributed by atoms with van der Waals surface area (Å²) in [5.41, 5.74) is 0.807. The van der Waals surface area contributed by atoms with Crippen molar-refractivity contribution in [1.82, 2.24) is 0 Å². The number of rotatable bonds is 5. The molecule has 1 aliphatic rings. The molecule has 0 bridgehead atoms. The number of esters is 1. The third kappa shape index (κ3) is 4.81. The van der Waals surface area contributed by atoms with E-state index in [1.807, 2.05) is 12.1 Å². The minimum Gasteiger partial charge on any atom is -0.481 e. The Labute approximate surface area is 137 Å². The molecule has 1 aromatic carbocycles. The second kappa shape index (κ2) is 6.73. The van der Waals surface area contributed by atoms with Gasteiger partial charge in [0.15, 0.2) is 0 Å². The minimum atomic E-state index is -0.839. The van der Waals surface area contributed by atoms with Crippen LogP contribution in [0.1, 0.15) is 64.9 Å². The molecular weight excluding hydrogens is 292 g/mol. The average molecular weight is 318 g/mol. The SMILES string of the molecule is CC(C)(C)c1ccc(OC(=O)CC2(CC(=O)O)CCCC2)cc1. The summed E-state index contributed by atoms with van der Waals surface area (Å²) in [6.07, 6.45) is 3.78. The molecule has 1 aliphatic carbocycles. The van der Waals surface area contributed by atoms with Crippen molar-refractivity contribution in [3.63, 3.8) is 0 Å². The Hall–Kier alpha value is -1.84. The number of hydrogen-bond donors (Lipinski definition) is 1. The number of benzene rings is 1. The lowest BCUT2D eigenvalue weighted by Crippen LogP contribution is -2.26. The third-order valence-electron chi connectivity index (χ3n) is 4.66. The van der Waals surface area contributed by atoms with E-state index in [9.17, 15) is 9.59 Å². The van der Waals surface area contributed by atoms with Crippen LogP contribution in [-0.4, -0.2) is 17.0 Å². The lowest BCUT2D eigenvalue weighted by Gasteiger charge is -2.25. The number of carbonyl (C=O) groups excluding carboxylic acids is 1. The maximum Gasteiger partial charge on any atom is 0.311 e. The lowest BCUT2D eigenvalue weighted by atomic mass is 9.79. The molecular formula is C19H26O4. The van der Waals surface area contributed by atoms with Gasteiger partial charge in [0.1, 0.15) is 5.75 Å². The van der Waals surface area contributed by atoms with Gasteiger partial charge in [0.05, 0.1) is 12.8 Å². The Morgan fingerprint density at radius 2 is 1.65 bits per heavy atom. The Morgan fingerprint density at radius 1 is 1.09 bits per heavy atom. The van der Waals surface area contributed by atoms with E-state index in [0.29, 0.717) is 5.75 Å². The van der Waals surface area contributed by atoms with Gasteiger partial charge in [0.2, 0.25) is 0 Å². The van der Waals surface area contributed by atoms with E-state index < -0.39 is 11.4 Å². The van der Waals surface area contributed by atoms with Gasteiger partial charge in [-0.2, -0.15) is 0 Å². The van der Waals surface area contributed by atoms with Crippen molar-refractivity contribution in [2.75, 3.05) is 0 Å². The minimum absolute atomic E-state index is 0.0467. The van der Waals surface area contributed by atoms with E-state index in [0.717, 1.165) is 25.7 Å². The van der Waals surface area contributed by atoms with Crippen LogP contribution in [0.5, 0.6) is 5.75 Å². The molecule has 1 aromatic rings. The summed E-state index contributed by atoms with van der Waals surface area (Å²) in [5, 5.41) is 9.10. The van der Waals surface area contributed by atoms with Gasteiger partial charge >= 0.3 is 11.9 Å². The van der Waals surface area contributed by atoms with Crippen LogP contribution in [0.25, 0.3) is 0 Å². The van der Waals surface area contributed by atoms with E-state index in [-0.39, 0.29) is 24.2 Å². The first-order chi connectivity index (χ1) is 10.7. The second-order valence-corrected chi connectivity index (χ2v) is 7.70. The molecule has 0 saturated heterocycles. The molecule has 0 heterocycles. The fourth-order valence-electron chi connectivity index (χ4n) is 3.36. The predicted molar refractivity (Wildman–Crippen MR) is 88.5 cm³/mol. The first-order valence-corrected chi connectivity index (χ1v) is 8.23. The first kappa shape index (κ1) is 17.5. The summed E-state index contributed by atoms with van der Waals surface area (Å²) < 4.78 is 5.42. The van der Waals surface area contributed by atoms with E-state index in [1.165, 1.54) is 5.56 Å². The van der Waals surface area contributed by atoms with Crippen LogP contribution in [0, 0.1) is 5.41 Å². The van der Waals surface area contributed by atoms with Crippen LogP contribution in [0.2, 0.25) is 0 Å². The van der Waals surface area contributed by atoms with Crippen LogP contribution >= 0.6 is 0 Å². The van der Waals surface area contributed by atoms with Crippen molar-refractivity contribution in [2.24, 2.45) is 5.41 Å². The zero-order valence-electron chi connectivity index (χ0n) is 14.2. The maximum absolute atomic E-state index is 12.2. The molecule has 126 valence electrons. The number of carbonyl (C=O) groups is 2. The molecule has 0 spiro atoms. The smallest absolute Gasteiger partial charge is 0.311 e. The fraction of sp³-hybridized carbons (Fsp3) is 0.579. The van der Waals surface area contributed by atoms with Gasteiger partial charge in [-0.1, -0.05) is 45.7 Å². The summed E-state index contributed by atoms with van der Waals surface area (Å²) in [6, 6.07) is 7.53. The van der Waals surface area contributed by atoms with Crippen molar-refractivity contribution in [2.45, 2.75) is 64.7 Å². The van der Waals surface area contributed by atoms with Gasteiger partial charge in [0.25, 0.3) is 0 Å². The van der Waals surface area contributed by atoms with Gasteiger partial charge < -0.3 is 9.84 Å². The van der Waals surface area contributed by atoms with Crippen LogP contribution in [0.4, 0.5) is 0 Å². The van der Waals surface area contributed by atoms with Crippen molar-refractivity contribution in [1.29, 1.82) is 0 Å². The highest BCUT2D eigenvalue weighted by Crippen LogP contribution is 2.44. The van der Waals surface area contributed by atoms with Crippen molar-refractivity contribution in [3.05, 3.63) is 29.8 Å².